The number of guanidine groups is 1. The molecule has 16 heavy (non-hydrogen) atoms. The van der Waals surface area contributed by atoms with E-state index in [2.05, 4.69) is 15.4 Å². The molecular formula is C10H10ClN5. The first kappa shape index (κ1) is 10.7. The van der Waals surface area contributed by atoms with Crippen molar-refractivity contribution in [2.24, 2.45) is 16.6 Å². The average molecular weight is 236 g/mol. The molecule has 6 heteroatoms. The van der Waals surface area contributed by atoms with Crippen molar-refractivity contribution in [2.75, 3.05) is 0 Å². The van der Waals surface area contributed by atoms with Crippen LogP contribution in [0.3, 0.4) is 0 Å². The van der Waals surface area contributed by atoms with Gasteiger partial charge in [0.15, 0.2) is 0 Å². The molecule has 0 amide bonds. The summed E-state index contributed by atoms with van der Waals surface area (Å²) in [4.78, 5) is 8.30. The molecule has 2 aromatic rings. The van der Waals surface area contributed by atoms with Gasteiger partial charge < -0.3 is 5.73 Å². The predicted molar refractivity (Wildman–Crippen MR) is 65.4 cm³/mol. The van der Waals surface area contributed by atoms with Gasteiger partial charge in [-0.05, 0) is 24.3 Å². The molecule has 0 aliphatic rings. The smallest absolute Gasteiger partial charge is 0.208 e. The van der Waals surface area contributed by atoms with Gasteiger partial charge in [0.1, 0.15) is 0 Å². The molecule has 0 fully saturated rings. The number of nitrogens with two attached hydrogens (primary N) is 2. The van der Waals surface area contributed by atoms with Crippen LogP contribution in [0.15, 0.2) is 35.5 Å². The summed E-state index contributed by atoms with van der Waals surface area (Å²) in [7, 11) is 0. The average Bonchev–Trinajstić information content (AvgIpc) is 2.33. The fourth-order valence-corrected chi connectivity index (χ4v) is 1.59. The van der Waals surface area contributed by atoms with E-state index in [1.54, 1.807) is 18.3 Å². The van der Waals surface area contributed by atoms with Gasteiger partial charge in [-0.3, -0.25) is 10.4 Å². The lowest BCUT2D eigenvalue weighted by atomic mass is 10.2. The summed E-state index contributed by atoms with van der Waals surface area (Å²) in [5, 5.41) is 1.46. The van der Waals surface area contributed by atoms with Gasteiger partial charge in [-0.15, -0.1) is 0 Å². The molecule has 0 atom stereocenters. The van der Waals surface area contributed by atoms with Crippen LogP contribution in [0.2, 0.25) is 5.02 Å². The van der Waals surface area contributed by atoms with Crippen LogP contribution in [0.25, 0.3) is 10.9 Å². The van der Waals surface area contributed by atoms with Crippen molar-refractivity contribution in [2.45, 2.75) is 0 Å². The molecule has 2 rings (SSSR count). The Bertz CT molecular complexity index is 552. The molecule has 0 spiro atoms. The Labute approximate surface area is 97.1 Å². The predicted octanol–water partition coefficient (Wildman–Crippen LogP) is 1.30. The molecule has 5 N–H and O–H groups in total. The van der Waals surface area contributed by atoms with Gasteiger partial charge in [0.2, 0.25) is 5.96 Å². The Morgan fingerprint density at radius 3 is 2.94 bits per heavy atom. The van der Waals surface area contributed by atoms with E-state index in [9.17, 15) is 0 Å². The van der Waals surface area contributed by atoms with Crippen LogP contribution in [0.4, 0.5) is 5.69 Å². The number of pyridine rings is 1. The lowest BCUT2D eigenvalue weighted by Crippen LogP contribution is -2.36. The molecule has 0 saturated heterocycles. The van der Waals surface area contributed by atoms with Crippen LogP contribution in [-0.4, -0.2) is 10.9 Å². The van der Waals surface area contributed by atoms with E-state index in [0.717, 1.165) is 5.39 Å². The summed E-state index contributed by atoms with van der Waals surface area (Å²) < 4.78 is 0. The molecule has 0 aliphatic heterocycles. The van der Waals surface area contributed by atoms with Gasteiger partial charge in [-0.25, -0.2) is 10.8 Å². The fourth-order valence-electron chi connectivity index (χ4n) is 1.38. The number of benzene rings is 1. The van der Waals surface area contributed by atoms with E-state index in [-0.39, 0.29) is 5.96 Å². The van der Waals surface area contributed by atoms with Gasteiger partial charge >= 0.3 is 0 Å². The number of aliphatic imine (C=N–C) groups is 1. The highest BCUT2D eigenvalue weighted by molar-refractivity contribution is 6.35. The van der Waals surface area contributed by atoms with Crippen LogP contribution in [-0.2, 0) is 0 Å². The number of nitrogens with zero attached hydrogens (tertiary/aromatic N) is 2. The first-order valence-electron chi connectivity index (χ1n) is 4.56. The zero-order chi connectivity index (χ0) is 11.5. The molecule has 0 bridgehead atoms. The normalized spacial score (nSPS) is 11.8. The van der Waals surface area contributed by atoms with E-state index < -0.39 is 0 Å². The van der Waals surface area contributed by atoms with E-state index in [1.807, 2.05) is 12.1 Å². The summed E-state index contributed by atoms with van der Waals surface area (Å²) in [5.41, 5.74) is 9.06. The number of halogens is 1. The Hall–Kier alpha value is -1.85. The van der Waals surface area contributed by atoms with E-state index in [1.165, 1.54) is 0 Å². The molecule has 0 radical (unpaired) electrons. The van der Waals surface area contributed by atoms with Crippen LogP contribution >= 0.6 is 11.6 Å². The monoisotopic (exact) mass is 235 g/mol. The Morgan fingerprint density at radius 1 is 1.38 bits per heavy atom. The lowest BCUT2D eigenvalue weighted by Gasteiger charge is -2.04. The zero-order valence-corrected chi connectivity index (χ0v) is 9.07. The number of aromatic nitrogens is 1. The van der Waals surface area contributed by atoms with Crippen molar-refractivity contribution >= 4 is 34.2 Å². The first-order chi connectivity index (χ1) is 7.72. The van der Waals surface area contributed by atoms with Crippen LogP contribution in [0.5, 0.6) is 0 Å². The third-order valence-corrected chi connectivity index (χ3v) is 2.41. The van der Waals surface area contributed by atoms with Gasteiger partial charge in [0.25, 0.3) is 0 Å². The minimum atomic E-state index is 0.120. The summed E-state index contributed by atoms with van der Waals surface area (Å²) >= 11 is 6.04. The molecule has 1 aromatic carbocycles. The van der Waals surface area contributed by atoms with Crippen molar-refractivity contribution in [3.8, 4) is 0 Å². The van der Waals surface area contributed by atoms with Crippen LogP contribution < -0.4 is 17.0 Å². The first-order valence-corrected chi connectivity index (χ1v) is 4.94. The topological polar surface area (TPSA) is 89.3 Å². The second-order valence-corrected chi connectivity index (χ2v) is 3.51. The SMILES string of the molecule is NNC(N)=Nc1ccc(Cl)c2cccnc12. The minimum Gasteiger partial charge on any atom is -0.369 e. The fraction of sp³-hybridized carbons (Fsp3) is 0. The third kappa shape index (κ3) is 1.91. The Balaban J connectivity index is 2.68. The highest BCUT2D eigenvalue weighted by Gasteiger charge is 2.04. The van der Waals surface area contributed by atoms with Gasteiger partial charge in [0.05, 0.1) is 16.2 Å². The maximum Gasteiger partial charge on any atom is 0.208 e. The second kappa shape index (κ2) is 4.34. The molecule has 82 valence electrons. The van der Waals surface area contributed by atoms with Crippen molar-refractivity contribution < 1.29 is 0 Å². The third-order valence-electron chi connectivity index (χ3n) is 2.08. The van der Waals surface area contributed by atoms with Crippen LogP contribution in [0, 0.1) is 0 Å². The van der Waals surface area contributed by atoms with Gasteiger partial charge in [0, 0.05) is 11.6 Å². The number of nitrogens with one attached hydrogen (secondary N) is 1. The molecular weight excluding hydrogens is 226 g/mol. The van der Waals surface area contributed by atoms with Crippen molar-refractivity contribution in [1.82, 2.24) is 10.4 Å². The van der Waals surface area contributed by atoms with Crippen LogP contribution in [0.1, 0.15) is 0 Å². The van der Waals surface area contributed by atoms with Crippen molar-refractivity contribution in [3.05, 3.63) is 35.5 Å². The van der Waals surface area contributed by atoms with Gasteiger partial charge in [-0.1, -0.05) is 11.6 Å². The highest BCUT2D eigenvalue weighted by Crippen LogP contribution is 2.29. The largest absolute Gasteiger partial charge is 0.369 e. The molecule has 1 heterocycles. The number of hydrazine groups is 1. The lowest BCUT2D eigenvalue weighted by molar-refractivity contribution is 1.01. The summed E-state index contributed by atoms with van der Waals surface area (Å²) in [6.45, 7) is 0. The summed E-state index contributed by atoms with van der Waals surface area (Å²) in [5.74, 6) is 5.26. The van der Waals surface area contributed by atoms with Crippen molar-refractivity contribution in [1.29, 1.82) is 0 Å². The van der Waals surface area contributed by atoms with E-state index >= 15 is 0 Å². The van der Waals surface area contributed by atoms with E-state index in [4.69, 9.17) is 23.2 Å². The maximum absolute atomic E-state index is 6.04. The standard InChI is InChI=1S/C10H10ClN5/c11-7-3-4-8(15-10(12)16-13)9-6(7)2-1-5-14-9/h1-5H,13H2,(H3,12,15,16). The molecule has 0 aliphatic carbocycles. The number of fused-ring (bicyclic) bond motifs is 1. The quantitative estimate of drug-likeness (QED) is 0.301. The zero-order valence-electron chi connectivity index (χ0n) is 8.31. The Kier molecular flexibility index (Phi) is 2.89. The summed E-state index contributed by atoms with van der Waals surface area (Å²) in [6, 6.07) is 7.16. The number of hydrogen-bond donors (Lipinski definition) is 3. The summed E-state index contributed by atoms with van der Waals surface area (Å²) in [6.07, 6.45) is 1.67. The minimum absolute atomic E-state index is 0.120. The van der Waals surface area contributed by atoms with Gasteiger partial charge in [-0.2, -0.15) is 0 Å². The Morgan fingerprint density at radius 2 is 2.19 bits per heavy atom. The van der Waals surface area contributed by atoms with Crippen molar-refractivity contribution in [3.63, 3.8) is 0 Å². The highest BCUT2D eigenvalue weighted by atomic mass is 35.5. The number of hydrogen-bond acceptors (Lipinski definition) is 3. The maximum atomic E-state index is 6.04. The molecule has 1 aromatic heterocycles. The second-order valence-electron chi connectivity index (χ2n) is 3.11. The molecule has 5 nitrogen and oxygen atoms in total. The number of rotatable bonds is 1. The molecule has 0 unspecified atom stereocenters. The molecule has 0 saturated carbocycles. The van der Waals surface area contributed by atoms with E-state index in [0.29, 0.717) is 16.2 Å².